The molecule has 0 atom stereocenters. The number of hydrogen-bond acceptors (Lipinski definition) is 1. The molecule has 0 bridgehead atoms. The van der Waals surface area contributed by atoms with Crippen molar-refractivity contribution in [2.24, 2.45) is 0 Å². The first-order valence-corrected chi connectivity index (χ1v) is 6.20. The van der Waals surface area contributed by atoms with Crippen molar-refractivity contribution in [3.05, 3.63) is 51.1 Å². The third-order valence-corrected chi connectivity index (χ3v) is 3.40. The number of benzene rings is 2. The van der Waals surface area contributed by atoms with Crippen molar-refractivity contribution in [3.8, 4) is 16.9 Å². The summed E-state index contributed by atoms with van der Waals surface area (Å²) in [5, 5.41) is 0. The van der Waals surface area contributed by atoms with Gasteiger partial charge in [-0.25, -0.2) is 17.6 Å². The van der Waals surface area contributed by atoms with Gasteiger partial charge < -0.3 is 4.74 Å². The van der Waals surface area contributed by atoms with E-state index >= 15 is 0 Å². The summed E-state index contributed by atoms with van der Waals surface area (Å²) in [5.41, 5.74) is -0.684. The molecule has 0 saturated heterocycles. The van der Waals surface area contributed by atoms with E-state index in [0.717, 1.165) is 0 Å². The average molecular weight is 382 g/mol. The Balaban J connectivity index is 2.68. The van der Waals surface area contributed by atoms with Gasteiger partial charge in [-0.1, -0.05) is 6.07 Å². The van der Waals surface area contributed by atoms with E-state index in [1.165, 1.54) is 25.3 Å². The number of halogens is 5. The monoisotopic (exact) mass is 382 g/mol. The van der Waals surface area contributed by atoms with Crippen molar-refractivity contribution in [1.82, 2.24) is 0 Å². The van der Waals surface area contributed by atoms with E-state index in [1.807, 2.05) is 22.6 Å². The molecule has 0 fully saturated rings. The zero-order valence-corrected chi connectivity index (χ0v) is 11.8. The smallest absolute Gasteiger partial charge is 0.169 e. The quantitative estimate of drug-likeness (QED) is 0.422. The molecule has 0 spiro atoms. The standard InChI is InChI=1S/C13H7F4IO/c1-19-10-3-2-6(4-9(10)18)11-12(16)7(14)5-8(15)13(11)17/h2-5H,1H3. The summed E-state index contributed by atoms with van der Waals surface area (Å²) in [7, 11) is 1.44. The Labute approximate surface area is 120 Å². The summed E-state index contributed by atoms with van der Waals surface area (Å²) in [5.74, 6) is -5.19. The molecule has 1 nitrogen and oxygen atoms in total. The van der Waals surface area contributed by atoms with Gasteiger partial charge in [0.25, 0.3) is 0 Å². The zero-order valence-electron chi connectivity index (χ0n) is 9.61. The molecule has 100 valence electrons. The van der Waals surface area contributed by atoms with Gasteiger partial charge in [-0.2, -0.15) is 0 Å². The largest absolute Gasteiger partial charge is 0.496 e. The summed E-state index contributed by atoms with van der Waals surface area (Å²) in [4.78, 5) is 0. The first kappa shape index (κ1) is 14.1. The van der Waals surface area contributed by atoms with Crippen LogP contribution in [0.25, 0.3) is 11.1 Å². The lowest BCUT2D eigenvalue weighted by Crippen LogP contribution is -1.99. The molecule has 0 amide bonds. The summed E-state index contributed by atoms with van der Waals surface area (Å²) in [6, 6.07) is 4.38. The molecule has 0 saturated carbocycles. The highest BCUT2D eigenvalue weighted by Crippen LogP contribution is 2.33. The third kappa shape index (κ3) is 2.54. The zero-order chi connectivity index (χ0) is 14.2. The van der Waals surface area contributed by atoms with Crippen LogP contribution in [0, 0.1) is 26.8 Å². The normalized spacial score (nSPS) is 10.6. The van der Waals surface area contributed by atoms with Crippen molar-refractivity contribution in [1.29, 1.82) is 0 Å². The highest BCUT2D eigenvalue weighted by Gasteiger charge is 2.21. The topological polar surface area (TPSA) is 9.23 Å². The maximum Gasteiger partial charge on any atom is 0.169 e. The highest BCUT2D eigenvalue weighted by atomic mass is 127. The first-order chi connectivity index (χ1) is 8.95. The van der Waals surface area contributed by atoms with E-state index in [2.05, 4.69) is 0 Å². The molecule has 0 N–H and O–H groups in total. The van der Waals surface area contributed by atoms with E-state index in [0.29, 0.717) is 9.32 Å². The lowest BCUT2D eigenvalue weighted by molar-refractivity contribution is 0.412. The first-order valence-electron chi connectivity index (χ1n) is 5.12. The van der Waals surface area contributed by atoms with Gasteiger partial charge in [-0.3, -0.25) is 0 Å². The second-order valence-electron chi connectivity index (χ2n) is 3.69. The van der Waals surface area contributed by atoms with Gasteiger partial charge in [-0.15, -0.1) is 0 Å². The minimum atomic E-state index is -1.43. The van der Waals surface area contributed by atoms with Gasteiger partial charge in [-0.05, 0) is 40.3 Å². The van der Waals surface area contributed by atoms with Crippen LogP contribution in [0.15, 0.2) is 24.3 Å². The van der Waals surface area contributed by atoms with Crippen molar-refractivity contribution < 1.29 is 22.3 Å². The lowest BCUT2D eigenvalue weighted by atomic mass is 10.0. The van der Waals surface area contributed by atoms with Gasteiger partial charge >= 0.3 is 0 Å². The van der Waals surface area contributed by atoms with Crippen LogP contribution < -0.4 is 4.74 Å². The Hall–Kier alpha value is -1.31. The van der Waals surface area contributed by atoms with E-state index in [9.17, 15) is 17.6 Å². The third-order valence-electron chi connectivity index (χ3n) is 2.55. The molecule has 0 unspecified atom stereocenters. The minimum absolute atomic E-state index is 0.0404. The van der Waals surface area contributed by atoms with Crippen molar-refractivity contribution in [2.75, 3.05) is 7.11 Å². The molecular formula is C13H7F4IO. The van der Waals surface area contributed by atoms with Gasteiger partial charge in [0, 0.05) is 6.07 Å². The van der Waals surface area contributed by atoms with E-state index in [-0.39, 0.29) is 11.6 Å². The molecule has 2 rings (SSSR count). The second-order valence-corrected chi connectivity index (χ2v) is 4.85. The van der Waals surface area contributed by atoms with Crippen molar-refractivity contribution >= 4 is 22.6 Å². The van der Waals surface area contributed by atoms with Gasteiger partial charge in [0.1, 0.15) is 5.75 Å². The van der Waals surface area contributed by atoms with Crippen LogP contribution >= 0.6 is 22.6 Å². The van der Waals surface area contributed by atoms with Crippen LogP contribution in [0.4, 0.5) is 17.6 Å². The highest BCUT2D eigenvalue weighted by molar-refractivity contribution is 14.1. The fourth-order valence-electron chi connectivity index (χ4n) is 1.65. The maximum absolute atomic E-state index is 13.6. The summed E-state index contributed by atoms with van der Waals surface area (Å²) < 4.78 is 59.1. The number of ether oxygens (including phenoxy) is 1. The molecule has 0 aliphatic rings. The van der Waals surface area contributed by atoms with E-state index < -0.39 is 28.8 Å². The van der Waals surface area contributed by atoms with Crippen LogP contribution in [0.1, 0.15) is 0 Å². The van der Waals surface area contributed by atoms with Gasteiger partial charge in [0.2, 0.25) is 0 Å². The fourth-order valence-corrected chi connectivity index (χ4v) is 2.38. The second kappa shape index (κ2) is 5.36. The summed E-state index contributed by atoms with van der Waals surface area (Å²) in [6.07, 6.45) is 0. The van der Waals surface area contributed by atoms with Crippen LogP contribution in [0.5, 0.6) is 5.75 Å². The molecule has 6 heteroatoms. The molecular weight excluding hydrogens is 375 g/mol. The molecule has 2 aromatic rings. The molecule has 0 radical (unpaired) electrons. The van der Waals surface area contributed by atoms with Crippen LogP contribution in [0.3, 0.4) is 0 Å². The minimum Gasteiger partial charge on any atom is -0.496 e. The Morgan fingerprint density at radius 2 is 1.53 bits per heavy atom. The Kier molecular flexibility index (Phi) is 3.98. The Bertz CT molecular complexity index is 617. The van der Waals surface area contributed by atoms with Crippen molar-refractivity contribution in [3.63, 3.8) is 0 Å². The van der Waals surface area contributed by atoms with Crippen LogP contribution in [0.2, 0.25) is 0 Å². The number of rotatable bonds is 2. The number of hydrogen-bond donors (Lipinski definition) is 0. The SMILES string of the molecule is COc1ccc(-c2c(F)c(F)cc(F)c2F)cc1I. The molecule has 19 heavy (non-hydrogen) atoms. The van der Waals surface area contributed by atoms with Crippen LogP contribution in [-0.2, 0) is 0 Å². The fraction of sp³-hybridized carbons (Fsp3) is 0.0769. The predicted molar refractivity (Wildman–Crippen MR) is 71.0 cm³/mol. The van der Waals surface area contributed by atoms with Gasteiger partial charge in [0.15, 0.2) is 23.3 Å². The van der Waals surface area contributed by atoms with E-state index in [1.54, 1.807) is 0 Å². The van der Waals surface area contributed by atoms with Crippen LogP contribution in [-0.4, -0.2) is 7.11 Å². The Morgan fingerprint density at radius 1 is 0.947 bits per heavy atom. The molecule has 0 aromatic heterocycles. The van der Waals surface area contributed by atoms with E-state index in [4.69, 9.17) is 4.74 Å². The summed E-state index contributed by atoms with van der Waals surface area (Å²) >= 11 is 1.90. The molecule has 0 heterocycles. The lowest BCUT2D eigenvalue weighted by Gasteiger charge is -2.09. The van der Waals surface area contributed by atoms with Gasteiger partial charge in [0.05, 0.1) is 16.2 Å². The maximum atomic E-state index is 13.6. The average Bonchev–Trinajstić information content (AvgIpc) is 2.37. The molecule has 0 aliphatic heterocycles. The molecule has 2 aromatic carbocycles. The van der Waals surface area contributed by atoms with Crippen molar-refractivity contribution in [2.45, 2.75) is 0 Å². The number of methoxy groups -OCH3 is 1. The Morgan fingerprint density at radius 3 is 2.00 bits per heavy atom. The summed E-state index contributed by atoms with van der Waals surface area (Å²) in [6.45, 7) is 0. The predicted octanol–water partition coefficient (Wildman–Crippen LogP) is 4.52. The molecule has 0 aliphatic carbocycles.